The van der Waals surface area contributed by atoms with Gasteiger partial charge in [-0.2, -0.15) is 5.10 Å². The second-order valence-electron chi connectivity index (χ2n) is 4.88. The Morgan fingerprint density at radius 3 is 2.57 bits per heavy atom. The number of hydrogen-bond donors (Lipinski definition) is 3. The van der Waals surface area contributed by atoms with E-state index >= 15 is 0 Å². The van der Waals surface area contributed by atoms with Gasteiger partial charge in [-0.15, -0.1) is 0 Å². The van der Waals surface area contributed by atoms with Gasteiger partial charge in [0.05, 0.1) is 11.8 Å². The fourth-order valence-corrected chi connectivity index (χ4v) is 2.02. The first kappa shape index (κ1) is 16.6. The molecular formula is C15H16F2N4O2. The second kappa shape index (κ2) is 7.48. The summed E-state index contributed by atoms with van der Waals surface area (Å²) in [5, 5.41) is 10.8. The van der Waals surface area contributed by atoms with Gasteiger partial charge in [0.25, 0.3) is 12.3 Å². The van der Waals surface area contributed by atoms with E-state index in [1.807, 2.05) is 12.1 Å². The molecule has 0 atom stereocenters. The number of H-pyrrole nitrogens is 1. The van der Waals surface area contributed by atoms with Crippen molar-refractivity contribution in [2.45, 2.75) is 19.8 Å². The minimum absolute atomic E-state index is 0.152. The Kier molecular flexibility index (Phi) is 5.40. The minimum atomic E-state index is -2.78. The Labute approximate surface area is 131 Å². The molecule has 1 aromatic heterocycles. The molecule has 1 heterocycles. The lowest BCUT2D eigenvalue weighted by Crippen LogP contribution is -2.26. The van der Waals surface area contributed by atoms with Gasteiger partial charge >= 0.3 is 0 Å². The second-order valence-corrected chi connectivity index (χ2v) is 4.88. The number of anilines is 1. The summed E-state index contributed by atoms with van der Waals surface area (Å²) in [6.45, 7) is 1.72. The van der Waals surface area contributed by atoms with Crippen LogP contribution in [0.5, 0.6) is 0 Å². The number of carbonyl (C=O) groups excluding carboxylic acids is 2. The number of aromatic nitrogens is 2. The van der Waals surface area contributed by atoms with Crippen molar-refractivity contribution in [2.24, 2.45) is 0 Å². The molecule has 0 bridgehead atoms. The molecule has 2 amide bonds. The lowest BCUT2D eigenvalue weighted by molar-refractivity contribution is -0.114. The lowest BCUT2D eigenvalue weighted by atomic mass is 10.1. The van der Waals surface area contributed by atoms with Gasteiger partial charge in [-0.25, -0.2) is 8.78 Å². The van der Waals surface area contributed by atoms with Gasteiger partial charge in [0.2, 0.25) is 5.91 Å². The molecule has 0 aliphatic carbocycles. The molecule has 0 spiro atoms. The maximum Gasteiger partial charge on any atom is 0.280 e. The molecule has 6 nitrogen and oxygen atoms in total. The van der Waals surface area contributed by atoms with Crippen LogP contribution in [0.3, 0.4) is 0 Å². The van der Waals surface area contributed by atoms with Crippen molar-refractivity contribution in [3.63, 3.8) is 0 Å². The van der Waals surface area contributed by atoms with Crippen molar-refractivity contribution in [2.75, 3.05) is 11.9 Å². The number of hydrogen-bond acceptors (Lipinski definition) is 3. The molecule has 0 saturated carbocycles. The van der Waals surface area contributed by atoms with Crippen molar-refractivity contribution < 1.29 is 18.4 Å². The van der Waals surface area contributed by atoms with E-state index in [9.17, 15) is 18.4 Å². The zero-order valence-electron chi connectivity index (χ0n) is 12.4. The number of nitrogens with zero attached hydrogens (tertiary/aromatic N) is 1. The molecule has 0 radical (unpaired) electrons. The summed E-state index contributed by atoms with van der Waals surface area (Å²) in [6.07, 6.45) is -1.16. The van der Waals surface area contributed by atoms with Crippen LogP contribution >= 0.6 is 0 Å². The summed E-state index contributed by atoms with van der Waals surface area (Å²) in [7, 11) is 0. The monoisotopic (exact) mass is 322 g/mol. The van der Waals surface area contributed by atoms with Crippen molar-refractivity contribution in [3.05, 3.63) is 47.3 Å². The lowest BCUT2D eigenvalue weighted by Gasteiger charge is -2.07. The Balaban J connectivity index is 1.86. The van der Waals surface area contributed by atoms with Crippen LogP contribution in [0.2, 0.25) is 0 Å². The topological polar surface area (TPSA) is 86.9 Å². The van der Waals surface area contributed by atoms with Gasteiger partial charge < -0.3 is 10.6 Å². The fraction of sp³-hybridized carbons (Fsp3) is 0.267. The van der Waals surface area contributed by atoms with Gasteiger partial charge in [0.15, 0.2) is 0 Å². The van der Waals surface area contributed by atoms with Crippen LogP contribution in [0.4, 0.5) is 14.5 Å². The Hall–Kier alpha value is -2.77. The summed E-state index contributed by atoms with van der Waals surface area (Å²) in [6, 6.07) is 7.15. The molecule has 2 rings (SSSR count). The zero-order chi connectivity index (χ0) is 16.8. The van der Waals surface area contributed by atoms with E-state index in [2.05, 4.69) is 20.8 Å². The maximum atomic E-state index is 12.7. The largest absolute Gasteiger partial charge is 0.352 e. The summed E-state index contributed by atoms with van der Waals surface area (Å²) < 4.78 is 25.3. The Bertz CT molecular complexity index is 683. The van der Waals surface area contributed by atoms with Crippen LogP contribution in [-0.4, -0.2) is 28.6 Å². The summed E-state index contributed by atoms with van der Waals surface area (Å²) >= 11 is 0. The molecule has 23 heavy (non-hydrogen) atoms. The highest BCUT2D eigenvalue weighted by molar-refractivity contribution is 5.95. The van der Waals surface area contributed by atoms with Crippen molar-refractivity contribution in [1.82, 2.24) is 15.5 Å². The standard InChI is InChI=1S/C15H16F2N4O2/c1-9(22)20-11-4-2-10(3-5-11)6-7-18-15(23)12-8-19-21-13(12)14(16)17/h2-5,8,14H,6-7H2,1H3,(H,18,23)(H,19,21)(H,20,22). The third-order valence-electron chi connectivity index (χ3n) is 3.11. The fourth-order valence-electron chi connectivity index (χ4n) is 2.02. The van der Waals surface area contributed by atoms with E-state index in [-0.39, 0.29) is 11.5 Å². The highest BCUT2D eigenvalue weighted by atomic mass is 19.3. The van der Waals surface area contributed by atoms with E-state index in [0.717, 1.165) is 11.8 Å². The van der Waals surface area contributed by atoms with E-state index in [1.165, 1.54) is 6.92 Å². The van der Waals surface area contributed by atoms with Crippen LogP contribution in [-0.2, 0) is 11.2 Å². The number of nitrogens with one attached hydrogen (secondary N) is 3. The van der Waals surface area contributed by atoms with Crippen molar-refractivity contribution in [3.8, 4) is 0 Å². The normalized spacial score (nSPS) is 10.6. The smallest absolute Gasteiger partial charge is 0.280 e. The molecule has 0 aliphatic heterocycles. The van der Waals surface area contributed by atoms with Gasteiger partial charge in [-0.1, -0.05) is 12.1 Å². The summed E-state index contributed by atoms with van der Waals surface area (Å²) in [5.41, 5.74) is 0.995. The van der Waals surface area contributed by atoms with Crippen molar-refractivity contribution in [1.29, 1.82) is 0 Å². The van der Waals surface area contributed by atoms with Crippen LogP contribution in [0.1, 0.15) is 35.0 Å². The number of rotatable bonds is 6. The average Bonchev–Trinajstić information content (AvgIpc) is 2.98. The quantitative estimate of drug-likeness (QED) is 0.762. The molecule has 0 fully saturated rings. The number of carbonyl (C=O) groups is 2. The molecule has 122 valence electrons. The molecule has 3 N–H and O–H groups in total. The van der Waals surface area contributed by atoms with E-state index in [0.29, 0.717) is 18.7 Å². The Morgan fingerprint density at radius 2 is 1.96 bits per heavy atom. The highest BCUT2D eigenvalue weighted by Crippen LogP contribution is 2.19. The first-order valence-corrected chi connectivity index (χ1v) is 6.93. The van der Waals surface area contributed by atoms with Crippen LogP contribution in [0, 0.1) is 0 Å². The predicted octanol–water partition coefficient (Wildman–Crippen LogP) is 2.28. The van der Waals surface area contributed by atoms with E-state index in [1.54, 1.807) is 12.1 Å². The molecule has 0 unspecified atom stereocenters. The number of amides is 2. The van der Waals surface area contributed by atoms with Crippen LogP contribution in [0.15, 0.2) is 30.5 Å². The average molecular weight is 322 g/mol. The third kappa shape index (κ3) is 4.60. The van der Waals surface area contributed by atoms with Crippen molar-refractivity contribution >= 4 is 17.5 Å². The molecular weight excluding hydrogens is 306 g/mol. The van der Waals surface area contributed by atoms with Gasteiger partial charge in [0.1, 0.15) is 5.69 Å². The van der Waals surface area contributed by atoms with Gasteiger partial charge in [0, 0.05) is 19.2 Å². The molecule has 1 aromatic carbocycles. The molecule has 2 aromatic rings. The SMILES string of the molecule is CC(=O)Nc1ccc(CCNC(=O)c2cn[nH]c2C(F)F)cc1. The number of benzene rings is 1. The number of halogens is 2. The first-order chi connectivity index (χ1) is 11.0. The van der Waals surface area contributed by atoms with Gasteiger partial charge in [-0.3, -0.25) is 14.7 Å². The number of alkyl halides is 2. The molecule has 0 saturated heterocycles. The Morgan fingerprint density at radius 1 is 1.26 bits per heavy atom. The maximum absolute atomic E-state index is 12.7. The van der Waals surface area contributed by atoms with Gasteiger partial charge in [-0.05, 0) is 24.1 Å². The molecule has 8 heteroatoms. The van der Waals surface area contributed by atoms with E-state index < -0.39 is 18.0 Å². The van der Waals surface area contributed by atoms with E-state index in [4.69, 9.17) is 0 Å². The van der Waals surface area contributed by atoms with Crippen LogP contribution < -0.4 is 10.6 Å². The number of aromatic amines is 1. The van der Waals surface area contributed by atoms with Crippen LogP contribution in [0.25, 0.3) is 0 Å². The first-order valence-electron chi connectivity index (χ1n) is 6.93. The highest BCUT2D eigenvalue weighted by Gasteiger charge is 2.20. The molecule has 0 aliphatic rings. The summed E-state index contributed by atoms with van der Waals surface area (Å²) in [5.74, 6) is -0.746. The third-order valence-corrected chi connectivity index (χ3v) is 3.11. The zero-order valence-corrected chi connectivity index (χ0v) is 12.4. The predicted molar refractivity (Wildman–Crippen MR) is 80.3 cm³/mol. The minimum Gasteiger partial charge on any atom is -0.352 e. The summed E-state index contributed by atoms with van der Waals surface area (Å²) in [4.78, 5) is 22.8.